The van der Waals surface area contributed by atoms with Crippen LogP contribution in [-0.2, 0) is 12.3 Å². The lowest BCUT2D eigenvalue weighted by atomic mass is 10.0. The second kappa shape index (κ2) is 6.64. The third-order valence-corrected chi connectivity index (χ3v) is 3.90. The van der Waals surface area contributed by atoms with E-state index in [9.17, 15) is 0 Å². The third kappa shape index (κ3) is 3.20. The van der Waals surface area contributed by atoms with Crippen molar-refractivity contribution in [2.75, 3.05) is 6.61 Å². The van der Waals surface area contributed by atoms with Crippen LogP contribution in [0.25, 0.3) is 10.8 Å². The molecule has 106 valence electrons. The van der Waals surface area contributed by atoms with Gasteiger partial charge in [-0.3, -0.25) is 0 Å². The van der Waals surface area contributed by atoms with Crippen molar-refractivity contribution in [3.8, 4) is 5.75 Å². The quantitative estimate of drug-likeness (QED) is 0.588. The van der Waals surface area contributed by atoms with Gasteiger partial charge < -0.3 is 4.74 Å². The molecule has 0 aromatic heterocycles. The number of benzene rings is 3. The Morgan fingerprint density at radius 2 is 1.48 bits per heavy atom. The summed E-state index contributed by atoms with van der Waals surface area (Å²) in [6, 6.07) is 22.7. The van der Waals surface area contributed by atoms with Crippen LogP contribution in [0.15, 0.2) is 66.7 Å². The van der Waals surface area contributed by atoms with Gasteiger partial charge in [0.15, 0.2) is 0 Å². The molecule has 1 nitrogen and oxygen atoms in total. The van der Waals surface area contributed by atoms with Crippen molar-refractivity contribution < 1.29 is 4.74 Å². The Kier molecular flexibility index (Phi) is 4.42. The number of alkyl halides is 1. The van der Waals surface area contributed by atoms with Crippen molar-refractivity contribution in [2.24, 2.45) is 0 Å². The summed E-state index contributed by atoms with van der Waals surface area (Å²) < 4.78 is 5.98. The van der Waals surface area contributed by atoms with E-state index in [1.54, 1.807) is 0 Å². The maximum Gasteiger partial charge on any atom is 0.127 e. The lowest BCUT2D eigenvalue weighted by Gasteiger charge is -2.11. The van der Waals surface area contributed by atoms with Crippen LogP contribution >= 0.6 is 11.6 Å². The predicted octanol–water partition coefficient (Wildman–Crippen LogP) is 5.20. The molecule has 3 rings (SSSR count). The van der Waals surface area contributed by atoms with Gasteiger partial charge in [-0.1, -0.05) is 60.7 Å². The highest BCUT2D eigenvalue weighted by Crippen LogP contribution is 2.29. The standard InChI is InChI=1S/C19H17ClO/c20-14-16-10-11-19(18-9-5-4-8-17(16)18)21-13-12-15-6-2-1-3-7-15/h1-11H,12-14H2. The molecule has 0 heterocycles. The van der Waals surface area contributed by atoms with Crippen LogP contribution < -0.4 is 4.74 Å². The van der Waals surface area contributed by atoms with Gasteiger partial charge in [-0.15, -0.1) is 11.6 Å². The molecule has 0 aliphatic heterocycles. The number of hydrogen-bond acceptors (Lipinski definition) is 1. The minimum Gasteiger partial charge on any atom is -0.493 e. The Hall–Kier alpha value is -1.99. The first-order valence-corrected chi connectivity index (χ1v) is 7.65. The van der Waals surface area contributed by atoms with Crippen LogP contribution in [-0.4, -0.2) is 6.61 Å². The number of halogens is 1. The van der Waals surface area contributed by atoms with Gasteiger partial charge in [-0.05, 0) is 22.6 Å². The molecule has 0 amide bonds. The van der Waals surface area contributed by atoms with Gasteiger partial charge in [0.05, 0.1) is 6.61 Å². The van der Waals surface area contributed by atoms with Crippen LogP contribution in [0.5, 0.6) is 5.75 Å². The predicted molar refractivity (Wildman–Crippen MR) is 89.1 cm³/mol. The summed E-state index contributed by atoms with van der Waals surface area (Å²) in [4.78, 5) is 0. The molecule has 21 heavy (non-hydrogen) atoms. The molecule has 2 heteroatoms. The Morgan fingerprint density at radius 3 is 2.24 bits per heavy atom. The summed E-state index contributed by atoms with van der Waals surface area (Å²) in [5.41, 5.74) is 2.43. The Balaban J connectivity index is 1.78. The maximum absolute atomic E-state index is 6.00. The zero-order valence-corrected chi connectivity index (χ0v) is 12.5. The smallest absolute Gasteiger partial charge is 0.127 e. The monoisotopic (exact) mass is 296 g/mol. The second-order valence-corrected chi connectivity index (χ2v) is 5.25. The lowest BCUT2D eigenvalue weighted by Crippen LogP contribution is -2.02. The van der Waals surface area contributed by atoms with Gasteiger partial charge in [-0.2, -0.15) is 0 Å². The Bertz CT molecular complexity index is 722. The van der Waals surface area contributed by atoms with Crippen LogP contribution in [0.2, 0.25) is 0 Å². The highest BCUT2D eigenvalue weighted by molar-refractivity contribution is 6.18. The van der Waals surface area contributed by atoms with E-state index in [1.165, 1.54) is 10.9 Å². The topological polar surface area (TPSA) is 9.23 Å². The summed E-state index contributed by atoms with van der Waals surface area (Å²) in [5, 5.41) is 2.30. The summed E-state index contributed by atoms with van der Waals surface area (Å²) in [7, 11) is 0. The molecule has 0 saturated heterocycles. The molecule has 0 saturated carbocycles. The summed E-state index contributed by atoms with van der Waals surface area (Å²) in [5.74, 6) is 1.44. The van der Waals surface area contributed by atoms with Crippen molar-refractivity contribution in [3.63, 3.8) is 0 Å². The van der Waals surface area contributed by atoms with E-state index in [0.717, 1.165) is 23.1 Å². The fourth-order valence-electron chi connectivity index (χ4n) is 2.50. The number of rotatable bonds is 5. The van der Waals surface area contributed by atoms with Crippen LogP contribution in [0.4, 0.5) is 0 Å². The minimum absolute atomic E-state index is 0.519. The van der Waals surface area contributed by atoms with Crippen molar-refractivity contribution in [1.29, 1.82) is 0 Å². The van der Waals surface area contributed by atoms with E-state index in [2.05, 4.69) is 36.4 Å². The number of ether oxygens (including phenoxy) is 1. The maximum atomic E-state index is 6.00. The van der Waals surface area contributed by atoms with Crippen molar-refractivity contribution in [3.05, 3.63) is 77.9 Å². The largest absolute Gasteiger partial charge is 0.493 e. The zero-order chi connectivity index (χ0) is 14.5. The Morgan fingerprint density at radius 1 is 0.762 bits per heavy atom. The molecule has 0 spiro atoms. The molecule has 0 radical (unpaired) electrons. The highest BCUT2D eigenvalue weighted by Gasteiger charge is 2.06. The fourth-order valence-corrected chi connectivity index (χ4v) is 2.73. The van der Waals surface area contributed by atoms with Crippen molar-refractivity contribution in [2.45, 2.75) is 12.3 Å². The van der Waals surface area contributed by atoms with Gasteiger partial charge in [-0.25, -0.2) is 0 Å². The van der Waals surface area contributed by atoms with E-state index in [0.29, 0.717) is 12.5 Å². The van der Waals surface area contributed by atoms with E-state index in [1.807, 2.05) is 30.3 Å². The summed E-state index contributed by atoms with van der Waals surface area (Å²) in [6.45, 7) is 0.675. The molecule has 0 aliphatic rings. The summed E-state index contributed by atoms with van der Waals surface area (Å²) >= 11 is 6.00. The molecule has 0 aliphatic carbocycles. The summed E-state index contributed by atoms with van der Waals surface area (Å²) in [6.07, 6.45) is 0.909. The first-order valence-electron chi connectivity index (χ1n) is 7.12. The first kappa shape index (κ1) is 14.0. The number of hydrogen-bond donors (Lipinski definition) is 0. The lowest BCUT2D eigenvalue weighted by molar-refractivity contribution is 0.325. The molecule has 0 fully saturated rings. The van der Waals surface area contributed by atoms with Crippen molar-refractivity contribution in [1.82, 2.24) is 0 Å². The van der Waals surface area contributed by atoms with Crippen LogP contribution in [0.3, 0.4) is 0 Å². The second-order valence-electron chi connectivity index (χ2n) is 4.99. The fraction of sp³-hybridized carbons (Fsp3) is 0.158. The van der Waals surface area contributed by atoms with Gasteiger partial charge in [0.25, 0.3) is 0 Å². The molecule has 0 unspecified atom stereocenters. The molecular weight excluding hydrogens is 280 g/mol. The van der Waals surface area contributed by atoms with E-state index >= 15 is 0 Å². The van der Waals surface area contributed by atoms with Gasteiger partial charge in [0.1, 0.15) is 5.75 Å². The van der Waals surface area contributed by atoms with Gasteiger partial charge >= 0.3 is 0 Å². The van der Waals surface area contributed by atoms with Crippen LogP contribution in [0.1, 0.15) is 11.1 Å². The Labute approximate surface area is 130 Å². The minimum atomic E-state index is 0.519. The van der Waals surface area contributed by atoms with E-state index in [4.69, 9.17) is 16.3 Å². The van der Waals surface area contributed by atoms with Crippen molar-refractivity contribution >= 4 is 22.4 Å². The van der Waals surface area contributed by atoms with E-state index < -0.39 is 0 Å². The highest BCUT2D eigenvalue weighted by atomic mass is 35.5. The molecule has 3 aromatic carbocycles. The average Bonchev–Trinajstić information content (AvgIpc) is 2.56. The van der Waals surface area contributed by atoms with Gasteiger partial charge in [0, 0.05) is 17.7 Å². The molecule has 0 bridgehead atoms. The normalized spacial score (nSPS) is 10.7. The van der Waals surface area contributed by atoms with Gasteiger partial charge in [0.2, 0.25) is 0 Å². The van der Waals surface area contributed by atoms with Crippen LogP contribution in [0, 0.1) is 0 Å². The number of fused-ring (bicyclic) bond motifs is 1. The third-order valence-electron chi connectivity index (χ3n) is 3.61. The van der Waals surface area contributed by atoms with E-state index in [-0.39, 0.29) is 0 Å². The molecule has 0 atom stereocenters. The average molecular weight is 297 g/mol. The molecular formula is C19H17ClO. The SMILES string of the molecule is ClCc1ccc(OCCc2ccccc2)c2ccccc12. The zero-order valence-electron chi connectivity index (χ0n) is 11.8. The first-order chi connectivity index (χ1) is 10.4. The molecule has 0 N–H and O–H groups in total. The molecule has 3 aromatic rings.